The molecule has 0 saturated carbocycles. The summed E-state index contributed by atoms with van der Waals surface area (Å²) in [5.41, 5.74) is 6.31. The molecular weight excluding hydrogens is 286 g/mol. The summed E-state index contributed by atoms with van der Waals surface area (Å²) in [4.78, 5) is 16.6. The number of nitrogens with two attached hydrogens (primary N) is 1. The van der Waals surface area contributed by atoms with E-state index in [0.717, 1.165) is 19.6 Å². The molecule has 2 rings (SSSR count). The second kappa shape index (κ2) is 6.87. The Labute approximate surface area is 130 Å². The molecule has 5 nitrogen and oxygen atoms in total. The van der Waals surface area contributed by atoms with Crippen molar-refractivity contribution in [3.63, 3.8) is 0 Å². The van der Waals surface area contributed by atoms with Crippen LogP contribution in [0.1, 0.15) is 12.5 Å². The number of carbonyl (C=O) groups is 1. The maximum atomic E-state index is 12.3. The summed E-state index contributed by atoms with van der Waals surface area (Å²) in [5, 5.41) is 0. The number of hydrogen-bond donors (Lipinski definition) is 1. The average molecular weight is 307 g/mol. The molecule has 1 fully saturated rings. The quantitative estimate of drug-likeness (QED) is 0.836. The van der Waals surface area contributed by atoms with Crippen LogP contribution in [-0.2, 0) is 4.79 Å². The highest BCUT2D eigenvalue weighted by Crippen LogP contribution is 2.18. The van der Waals surface area contributed by atoms with E-state index >= 15 is 0 Å². The Balaban J connectivity index is 1.97. The number of carbonyl (C=O) groups excluding carboxylic acids is 1. The molecule has 6 heteroatoms. The molecular formula is C15H21N3O2S. The van der Waals surface area contributed by atoms with Crippen molar-refractivity contribution < 1.29 is 9.53 Å². The summed E-state index contributed by atoms with van der Waals surface area (Å²) in [5.74, 6) is 0.550. The molecule has 2 N–H and O–H groups in total. The predicted molar refractivity (Wildman–Crippen MR) is 86.5 cm³/mol. The van der Waals surface area contributed by atoms with Crippen molar-refractivity contribution in [3.05, 3.63) is 29.8 Å². The van der Waals surface area contributed by atoms with Gasteiger partial charge < -0.3 is 20.3 Å². The van der Waals surface area contributed by atoms with Gasteiger partial charge in [0, 0.05) is 25.7 Å². The summed E-state index contributed by atoms with van der Waals surface area (Å²) in [6.07, 6.45) is 0. The first-order valence-electron chi connectivity index (χ1n) is 6.98. The van der Waals surface area contributed by atoms with Gasteiger partial charge in [0.15, 0.2) is 6.61 Å². The van der Waals surface area contributed by atoms with Gasteiger partial charge in [-0.05, 0) is 26.1 Å². The van der Waals surface area contributed by atoms with Crippen molar-refractivity contribution in [1.29, 1.82) is 0 Å². The third-order valence-electron chi connectivity index (χ3n) is 3.65. The lowest BCUT2D eigenvalue weighted by Crippen LogP contribution is -2.53. The van der Waals surface area contributed by atoms with Crippen molar-refractivity contribution in [1.82, 2.24) is 9.80 Å². The highest BCUT2D eigenvalue weighted by Gasteiger charge is 2.25. The summed E-state index contributed by atoms with van der Waals surface area (Å²) in [7, 11) is 2.06. The van der Waals surface area contributed by atoms with Gasteiger partial charge in [0.25, 0.3) is 5.91 Å². The van der Waals surface area contributed by atoms with Gasteiger partial charge in [-0.25, -0.2) is 0 Å². The number of nitrogens with zero attached hydrogens (tertiary/aromatic N) is 2. The number of likely N-dealkylation sites (N-methyl/N-ethyl adjacent to an activating group) is 1. The molecule has 1 aliphatic rings. The Hall–Kier alpha value is -1.66. The van der Waals surface area contributed by atoms with Crippen LogP contribution in [0.3, 0.4) is 0 Å². The second-order valence-electron chi connectivity index (χ2n) is 5.35. The first-order chi connectivity index (χ1) is 9.99. The fourth-order valence-corrected chi connectivity index (χ4v) is 2.70. The van der Waals surface area contributed by atoms with Gasteiger partial charge in [0.05, 0.1) is 5.56 Å². The number of amides is 1. The van der Waals surface area contributed by atoms with E-state index in [1.54, 1.807) is 12.1 Å². The number of hydrogen-bond acceptors (Lipinski definition) is 4. The fourth-order valence-electron chi connectivity index (χ4n) is 2.53. The normalized spacial score (nSPS) is 19.3. The Bertz CT molecular complexity index is 535. The van der Waals surface area contributed by atoms with Gasteiger partial charge in [-0.1, -0.05) is 24.4 Å². The summed E-state index contributed by atoms with van der Waals surface area (Å²) >= 11 is 4.98. The van der Waals surface area contributed by atoms with E-state index < -0.39 is 0 Å². The SMILES string of the molecule is CC1CN(C)CCN1C(=O)COc1ccccc1C(N)=S. The highest BCUT2D eigenvalue weighted by molar-refractivity contribution is 7.80. The summed E-state index contributed by atoms with van der Waals surface area (Å²) in [6.45, 7) is 4.57. The molecule has 1 aromatic carbocycles. The smallest absolute Gasteiger partial charge is 0.260 e. The molecule has 0 spiro atoms. The first kappa shape index (κ1) is 15.7. The van der Waals surface area contributed by atoms with Gasteiger partial charge in [-0.2, -0.15) is 0 Å². The van der Waals surface area contributed by atoms with E-state index in [-0.39, 0.29) is 23.5 Å². The molecule has 1 aliphatic heterocycles. The second-order valence-corrected chi connectivity index (χ2v) is 5.79. The third kappa shape index (κ3) is 3.92. The minimum absolute atomic E-state index is 0.00616. The standard InChI is InChI=1S/C15H21N3O2S/c1-11-9-17(2)7-8-18(11)14(19)10-20-13-6-4-3-5-12(13)15(16)21/h3-6,11H,7-10H2,1-2H3,(H2,16,21). The van der Waals surface area contributed by atoms with Gasteiger partial charge in [-0.15, -0.1) is 0 Å². The number of rotatable bonds is 4. The number of benzene rings is 1. The Kier molecular flexibility index (Phi) is 5.14. The lowest BCUT2D eigenvalue weighted by Gasteiger charge is -2.38. The van der Waals surface area contributed by atoms with Gasteiger partial charge >= 0.3 is 0 Å². The largest absolute Gasteiger partial charge is 0.483 e. The lowest BCUT2D eigenvalue weighted by atomic mass is 10.2. The van der Waals surface area contributed by atoms with E-state index in [1.165, 1.54) is 0 Å². The van der Waals surface area contributed by atoms with Crippen LogP contribution in [0, 0.1) is 0 Å². The maximum absolute atomic E-state index is 12.3. The number of ether oxygens (including phenoxy) is 1. The van der Waals surface area contributed by atoms with Gasteiger partial charge in [0.1, 0.15) is 10.7 Å². The summed E-state index contributed by atoms with van der Waals surface area (Å²) < 4.78 is 5.62. The predicted octanol–water partition coefficient (Wildman–Crippen LogP) is 0.862. The van der Waals surface area contributed by atoms with Crippen molar-refractivity contribution in [2.45, 2.75) is 13.0 Å². The molecule has 1 amide bonds. The van der Waals surface area contributed by atoms with Crippen LogP contribution in [0.5, 0.6) is 5.75 Å². The minimum Gasteiger partial charge on any atom is -0.483 e. The Morgan fingerprint density at radius 3 is 2.81 bits per heavy atom. The number of piperazine rings is 1. The van der Waals surface area contributed by atoms with E-state index in [1.807, 2.05) is 17.0 Å². The monoisotopic (exact) mass is 307 g/mol. The first-order valence-corrected chi connectivity index (χ1v) is 7.39. The topological polar surface area (TPSA) is 58.8 Å². The Morgan fingerprint density at radius 1 is 1.43 bits per heavy atom. The molecule has 0 radical (unpaired) electrons. The Morgan fingerprint density at radius 2 is 2.14 bits per heavy atom. The van der Waals surface area contributed by atoms with Gasteiger partial charge in [0.2, 0.25) is 0 Å². The fraction of sp³-hybridized carbons (Fsp3) is 0.467. The van der Waals surface area contributed by atoms with Crippen LogP contribution < -0.4 is 10.5 Å². The van der Waals surface area contributed by atoms with Crippen LogP contribution in [-0.4, -0.2) is 60.0 Å². The average Bonchev–Trinajstić information content (AvgIpc) is 2.45. The lowest BCUT2D eigenvalue weighted by molar-refractivity contribution is -0.137. The van der Waals surface area contributed by atoms with E-state index in [9.17, 15) is 4.79 Å². The molecule has 1 saturated heterocycles. The molecule has 0 bridgehead atoms. The van der Waals surface area contributed by atoms with Crippen LogP contribution in [0.4, 0.5) is 0 Å². The maximum Gasteiger partial charge on any atom is 0.260 e. The zero-order valence-corrected chi connectivity index (χ0v) is 13.2. The van der Waals surface area contributed by atoms with Crippen LogP contribution in [0.2, 0.25) is 0 Å². The van der Waals surface area contributed by atoms with Crippen molar-refractivity contribution >= 4 is 23.1 Å². The molecule has 21 heavy (non-hydrogen) atoms. The summed E-state index contributed by atoms with van der Waals surface area (Å²) in [6, 6.07) is 7.44. The van der Waals surface area contributed by atoms with E-state index in [0.29, 0.717) is 11.3 Å². The molecule has 114 valence electrons. The molecule has 1 unspecified atom stereocenters. The zero-order chi connectivity index (χ0) is 15.4. The van der Waals surface area contributed by atoms with Crippen molar-refractivity contribution in [3.8, 4) is 5.75 Å². The molecule has 1 heterocycles. The van der Waals surface area contributed by atoms with E-state index in [2.05, 4.69) is 18.9 Å². The molecule has 1 atom stereocenters. The van der Waals surface area contributed by atoms with Gasteiger partial charge in [-0.3, -0.25) is 4.79 Å². The highest BCUT2D eigenvalue weighted by atomic mass is 32.1. The van der Waals surface area contributed by atoms with Crippen molar-refractivity contribution in [2.75, 3.05) is 33.3 Å². The zero-order valence-electron chi connectivity index (χ0n) is 12.4. The molecule has 0 aromatic heterocycles. The number of thiocarbonyl (C=S) groups is 1. The van der Waals surface area contributed by atoms with Crippen molar-refractivity contribution in [2.24, 2.45) is 5.73 Å². The number of para-hydroxylation sites is 1. The van der Waals surface area contributed by atoms with Crippen LogP contribution >= 0.6 is 12.2 Å². The van der Waals surface area contributed by atoms with Crippen LogP contribution in [0.15, 0.2) is 24.3 Å². The molecule has 1 aromatic rings. The molecule has 0 aliphatic carbocycles. The van der Waals surface area contributed by atoms with Crippen LogP contribution in [0.25, 0.3) is 0 Å². The van der Waals surface area contributed by atoms with E-state index in [4.69, 9.17) is 22.7 Å². The minimum atomic E-state index is -0.00616. The third-order valence-corrected chi connectivity index (χ3v) is 3.87.